The first-order chi connectivity index (χ1) is 14.7. The predicted molar refractivity (Wildman–Crippen MR) is 116 cm³/mol. The molecule has 4 rings (SSSR count). The minimum Gasteiger partial charge on any atom is -0.319 e. The van der Waals surface area contributed by atoms with E-state index in [4.69, 9.17) is 17.3 Å². The van der Waals surface area contributed by atoms with E-state index in [1.54, 1.807) is 41.2 Å². The number of carbonyl (C=O) groups excluding carboxylic acids is 1. The van der Waals surface area contributed by atoms with Gasteiger partial charge in [-0.1, -0.05) is 23.7 Å². The number of fused-ring (bicyclic) bond motifs is 1. The fourth-order valence-corrected chi connectivity index (χ4v) is 5.22. The Labute approximate surface area is 184 Å². The van der Waals surface area contributed by atoms with Crippen LogP contribution >= 0.6 is 11.6 Å². The second-order valence-electron chi connectivity index (χ2n) is 7.30. The third kappa shape index (κ3) is 4.08. The highest BCUT2D eigenvalue weighted by molar-refractivity contribution is 7.91. The van der Waals surface area contributed by atoms with Gasteiger partial charge in [0, 0.05) is 23.3 Å². The zero-order valence-corrected chi connectivity index (χ0v) is 18.2. The van der Waals surface area contributed by atoms with Crippen molar-refractivity contribution in [2.75, 3.05) is 10.7 Å². The number of rotatable bonds is 4. The molecule has 1 aromatic heterocycles. The Hall–Kier alpha value is -2.75. The highest BCUT2D eigenvalue weighted by Gasteiger charge is 2.37. The molecule has 31 heavy (non-hydrogen) atoms. The summed E-state index contributed by atoms with van der Waals surface area (Å²) in [5.74, 6) is -1.90. The molecule has 0 spiro atoms. The molecule has 1 atom stereocenters. The summed E-state index contributed by atoms with van der Waals surface area (Å²) in [7, 11) is -3.99. The van der Waals surface area contributed by atoms with Crippen molar-refractivity contribution < 1.29 is 17.6 Å². The van der Waals surface area contributed by atoms with Crippen LogP contribution in [0.1, 0.15) is 12.5 Å². The van der Waals surface area contributed by atoms with E-state index < -0.39 is 33.4 Å². The van der Waals surface area contributed by atoms with Crippen LogP contribution in [0.15, 0.2) is 53.6 Å². The number of nitrogens with two attached hydrogens (primary N) is 1. The molecule has 7 nitrogen and oxygen atoms in total. The van der Waals surface area contributed by atoms with Crippen molar-refractivity contribution >= 4 is 33.0 Å². The molecule has 1 amide bonds. The Kier molecular flexibility index (Phi) is 5.59. The molecular weight excluding hydrogens is 443 g/mol. The van der Waals surface area contributed by atoms with Gasteiger partial charge in [0.1, 0.15) is 5.82 Å². The SMILES string of the molecule is CCn1ccc(-c2cc3c(cc2F)S(=O)(=O)C[C@H](N)C(=O)N3Cc2ccc(Cl)cc2)n1. The number of aryl methyl sites for hydroxylation is 1. The van der Waals surface area contributed by atoms with E-state index in [1.807, 2.05) is 6.92 Å². The zero-order valence-electron chi connectivity index (χ0n) is 16.6. The van der Waals surface area contributed by atoms with Crippen molar-refractivity contribution in [1.82, 2.24) is 9.78 Å². The average molecular weight is 463 g/mol. The van der Waals surface area contributed by atoms with Crippen LogP contribution in [-0.2, 0) is 27.7 Å². The maximum atomic E-state index is 15.0. The van der Waals surface area contributed by atoms with Crippen molar-refractivity contribution in [3.05, 3.63) is 65.1 Å². The van der Waals surface area contributed by atoms with E-state index in [2.05, 4.69) is 5.10 Å². The lowest BCUT2D eigenvalue weighted by atomic mass is 10.1. The number of sulfone groups is 1. The van der Waals surface area contributed by atoms with Gasteiger partial charge in [0.2, 0.25) is 5.91 Å². The molecule has 1 aliphatic heterocycles. The van der Waals surface area contributed by atoms with Gasteiger partial charge in [0.15, 0.2) is 9.84 Å². The minimum atomic E-state index is -3.99. The topological polar surface area (TPSA) is 98.3 Å². The van der Waals surface area contributed by atoms with E-state index >= 15 is 0 Å². The quantitative estimate of drug-likeness (QED) is 0.642. The fourth-order valence-electron chi connectivity index (χ4n) is 3.53. The Balaban J connectivity index is 1.90. The second kappa shape index (κ2) is 8.07. The average Bonchev–Trinajstić information content (AvgIpc) is 3.19. The molecule has 0 aliphatic carbocycles. The van der Waals surface area contributed by atoms with Crippen LogP contribution in [0.3, 0.4) is 0 Å². The number of hydrogen-bond donors (Lipinski definition) is 1. The van der Waals surface area contributed by atoms with Crippen molar-refractivity contribution in [3.63, 3.8) is 0 Å². The molecule has 162 valence electrons. The van der Waals surface area contributed by atoms with Gasteiger partial charge < -0.3 is 10.6 Å². The number of hydrogen-bond acceptors (Lipinski definition) is 5. The molecule has 2 heterocycles. The number of carbonyl (C=O) groups is 1. The minimum absolute atomic E-state index is 0.0562. The Bertz CT molecular complexity index is 1260. The van der Waals surface area contributed by atoms with Crippen LogP contribution in [0, 0.1) is 5.82 Å². The molecule has 3 aromatic rings. The van der Waals surface area contributed by atoms with Crippen molar-refractivity contribution in [2.24, 2.45) is 5.73 Å². The number of aromatic nitrogens is 2. The largest absolute Gasteiger partial charge is 0.319 e. The number of nitrogens with zero attached hydrogens (tertiary/aromatic N) is 3. The maximum Gasteiger partial charge on any atom is 0.245 e. The van der Waals surface area contributed by atoms with Crippen molar-refractivity contribution in [1.29, 1.82) is 0 Å². The lowest BCUT2D eigenvalue weighted by molar-refractivity contribution is -0.119. The molecule has 1 aliphatic rings. The molecule has 0 unspecified atom stereocenters. The van der Waals surface area contributed by atoms with Crippen molar-refractivity contribution in [2.45, 2.75) is 31.0 Å². The maximum absolute atomic E-state index is 15.0. The van der Waals surface area contributed by atoms with Gasteiger partial charge in [-0.2, -0.15) is 5.10 Å². The van der Waals surface area contributed by atoms with Gasteiger partial charge in [-0.3, -0.25) is 9.48 Å². The van der Waals surface area contributed by atoms with E-state index in [0.29, 0.717) is 17.3 Å². The summed E-state index contributed by atoms with van der Waals surface area (Å²) < 4.78 is 42.4. The van der Waals surface area contributed by atoms with Crippen molar-refractivity contribution in [3.8, 4) is 11.3 Å². The lowest BCUT2D eigenvalue weighted by Gasteiger charge is -2.25. The number of benzene rings is 2. The number of anilines is 1. The van der Waals surface area contributed by atoms with Gasteiger partial charge in [-0.05, 0) is 42.8 Å². The number of halogens is 2. The first-order valence-corrected chi connectivity index (χ1v) is 11.6. The van der Waals surface area contributed by atoms with Crippen LogP contribution in [0.4, 0.5) is 10.1 Å². The summed E-state index contributed by atoms with van der Waals surface area (Å²) in [6.45, 7) is 2.54. The standard InChI is InChI=1S/C21H20ClFN4O3S/c1-2-26-8-7-18(25-26)15-9-19-20(10-16(15)23)31(29,30)12-17(24)21(28)27(19)11-13-3-5-14(22)6-4-13/h3-10,17H,2,11-12,24H2,1H3/t17-/m0/s1. The molecule has 0 fully saturated rings. The molecule has 10 heteroatoms. The molecule has 0 saturated heterocycles. The molecular formula is C21H20ClFN4O3S. The predicted octanol–water partition coefficient (Wildman–Crippen LogP) is 3.01. The summed E-state index contributed by atoms with van der Waals surface area (Å²) >= 11 is 5.94. The summed E-state index contributed by atoms with van der Waals surface area (Å²) in [6, 6.07) is 9.48. The highest BCUT2D eigenvalue weighted by atomic mass is 35.5. The zero-order chi connectivity index (χ0) is 22.3. The van der Waals surface area contributed by atoms with Gasteiger partial charge in [0.05, 0.1) is 34.6 Å². The molecule has 0 bridgehead atoms. The molecule has 0 saturated carbocycles. The van der Waals surface area contributed by atoms with Gasteiger partial charge in [0.25, 0.3) is 0 Å². The number of amides is 1. The van der Waals surface area contributed by atoms with Crippen LogP contribution in [0.25, 0.3) is 11.3 Å². The summed E-state index contributed by atoms with van der Waals surface area (Å²) in [6.07, 6.45) is 1.70. The second-order valence-corrected chi connectivity index (χ2v) is 9.73. The molecule has 0 radical (unpaired) electrons. The van der Waals surface area contributed by atoms with Crippen LogP contribution in [-0.4, -0.2) is 35.9 Å². The fraction of sp³-hybridized carbons (Fsp3) is 0.238. The third-order valence-electron chi connectivity index (χ3n) is 5.15. The van der Waals surface area contributed by atoms with Gasteiger partial charge in [-0.25, -0.2) is 12.8 Å². The van der Waals surface area contributed by atoms with Gasteiger partial charge >= 0.3 is 0 Å². The Morgan fingerprint density at radius 1 is 1.23 bits per heavy atom. The third-order valence-corrected chi connectivity index (χ3v) is 7.20. The molecule has 2 N–H and O–H groups in total. The van der Waals surface area contributed by atoms with Crippen LogP contribution < -0.4 is 10.6 Å². The summed E-state index contributed by atoms with van der Waals surface area (Å²) in [5, 5.41) is 4.83. The monoisotopic (exact) mass is 462 g/mol. The van der Waals surface area contributed by atoms with E-state index in [-0.39, 0.29) is 22.7 Å². The first kappa shape index (κ1) is 21.5. The van der Waals surface area contributed by atoms with E-state index in [1.165, 1.54) is 11.0 Å². The Morgan fingerprint density at radius 2 is 1.94 bits per heavy atom. The lowest BCUT2D eigenvalue weighted by Crippen LogP contribution is -2.45. The highest BCUT2D eigenvalue weighted by Crippen LogP contribution is 2.36. The Morgan fingerprint density at radius 3 is 2.58 bits per heavy atom. The van der Waals surface area contributed by atoms with Crippen LogP contribution in [0.2, 0.25) is 5.02 Å². The molecule has 2 aromatic carbocycles. The summed E-state index contributed by atoms with van der Waals surface area (Å²) in [4.78, 5) is 14.1. The summed E-state index contributed by atoms with van der Waals surface area (Å²) in [5.41, 5.74) is 7.15. The van der Waals surface area contributed by atoms with Gasteiger partial charge in [-0.15, -0.1) is 0 Å². The first-order valence-electron chi connectivity index (χ1n) is 9.61. The normalized spacial score (nSPS) is 18.0. The smallest absolute Gasteiger partial charge is 0.245 e. The van der Waals surface area contributed by atoms with E-state index in [9.17, 15) is 17.6 Å². The van der Waals surface area contributed by atoms with Crippen LogP contribution in [0.5, 0.6) is 0 Å². The van der Waals surface area contributed by atoms with E-state index in [0.717, 1.165) is 11.6 Å².